The van der Waals surface area contributed by atoms with Gasteiger partial charge in [-0.25, -0.2) is 4.98 Å². The Morgan fingerprint density at radius 2 is 1.97 bits per heavy atom. The Kier molecular flexibility index (Phi) is 5.61. The molecule has 0 radical (unpaired) electrons. The van der Waals surface area contributed by atoms with Crippen molar-refractivity contribution in [3.63, 3.8) is 0 Å². The van der Waals surface area contributed by atoms with Crippen LogP contribution < -0.4 is 10.5 Å². The molecule has 1 fully saturated rings. The van der Waals surface area contributed by atoms with Crippen molar-refractivity contribution < 1.29 is 9.15 Å². The lowest BCUT2D eigenvalue weighted by molar-refractivity contribution is 0.202. The maximum atomic E-state index is 12.8. The van der Waals surface area contributed by atoms with E-state index in [1.165, 1.54) is 0 Å². The van der Waals surface area contributed by atoms with Crippen molar-refractivity contribution in [3.8, 4) is 6.07 Å². The first-order valence-electron chi connectivity index (χ1n) is 11.3. The zero-order valence-electron chi connectivity index (χ0n) is 18.9. The number of pyridine rings is 1. The van der Waals surface area contributed by atoms with Crippen LogP contribution in [0, 0.1) is 11.3 Å². The van der Waals surface area contributed by atoms with Gasteiger partial charge < -0.3 is 18.6 Å². The van der Waals surface area contributed by atoms with Crippen LogP contribution in [0.5, 0.6) is 0 Å². The van der Waals surface area contributed by atoms with Crippen molar-refractivity contribution in [2.24, 2.45) is 7.05 Å². The number of rotatable bonds is 5. The van der Waals surface area contributed by atoms with Gasteiger partial charge >= 0.3 is 0 Å². The summed E-state index contributed by atoms with van der Waals surface area (Å²) in [4.78, 5) is 19.9. The molecule has 7 nitrogen and oxygen atoms in total. The van der Waals surface area contributed by atoms with Crippen LogP contribution in [0.4, 0.5) is 5.69 Å². The fourth-order valence-electron chi connectivity index (χ4n) is 4.87. The lowest BCUT2D eigenvalue weighted by atomic mass is 9.95. The maximum absolute atomic E-state index is 12.8. The molecule has 1 aliphatic rings. The third-order valence-corrected chi connectivity index (χ3v) is 6.64. The molecule has 0 N–H and O–H groups in total. The molecule has 2 aromatic carbocycles. The molecule has 0 saturated carbocycles. The number of ether oxygens (including phenoxy) is 1. The highest BCUT2D eigenvalue weighted by Crippen LogP contribution is 2.35. The van der Waals surface area contributed by atoms with E-state index in [9.17, 15) is 10.1 Å². The van der Waals surface area contributed by atoms with Gasteiger partial charge in [-0.2, -0.15) is 5.26 Å². The van der Waals surface area contributed by atoms with Crippen LogP contribution in [-0.2, 0) is 18.2 Å². The topological polar surface area (TPSA) is 84.3 Å². The van der Waals surface area contributed by atoms with Crippen molar-refractivity contribution >= 4 is 27.7 Å². The summed E-state index contributed by atoms with van der Waals surface area (Å²) in [5.41, 5.74) is 4.39. The number of methoxy groups -OCH3 is 1. The largest absolute Gasteiger partial charge is 0.440 e. The Balaban J connectivity index is 1.44. The summed E-state index contributed by atoms with van der Waals surface area (Å²) >= 11 is 0. The SMILES string of the molecule is COCCc1cccc2oc(C3CCN(c4c(C#N)c(=O)n(C)c5ccccc45)CC3)nc12. The average Bonchev–Trinajstić information content (AvgIpc) is 3.30. The minimum atomic E-state index is -0.254. The van der Waals surface area contributed by atoms with Gasteiger partial charge in [0.2, 0.25) is 0 Å². The maximum Gasteiger partial charge on any atom is 0.270 e. The average molecular weight is 443 g/mol. The number of anilines is 1. The summed E-state index contributed by atoms with van der Waals surface area (Å²) in [6, 6.07) is 16.0. The summed E-state index contributed by atoms with van der Waals surface area (Å²) < 4.78 is 12.9. The summed E-state index contributed by atoms with van der Waals surface area (Å²) in [6.07, 6.45) is 2.48. The monoisotopic (exact) mass is 442 g/mol. The molecule has 5 rings (SSSR count). The number of oxazole rings is 1. The normalized spacial score (nSPS) is 14.8. The van der Waals surface area contributed by atoms with E-state index in [1.54, 1.807) is 18.7 Å². The summed E-state index contributed by atoms with van der Waals surface area (Å²) in [5, 5.41) is 10.7. The molecule has 1 aliphatic heterocycles. The quantitative estimate of drug-likeness (QED) is 0.462. The predicted molar refractivity (Wildman–Crippen MR) is 128 cm³/mol. The van der Waals surface area contributed by atoms with Crippen LogP contribution in [0.25, 0.3) is 22.0 Å². The molecule has 0 aliphatic carbocycles. The van der Waals surface area contributed by atoms with E-state index in [0.717, 1.165) is 71.5 Å². The first-order chi connectivity index (χ1) is 16.1. The highest BCUT2D eigenvalue weighted by molar-refractivity contribution is 5.95. The molecule has 168 valence electrons. The number of aromatic nitrogens is 2. The van der Waals surface area contributed by atoms with Crippen molar-refractivity contribution in [2.75, 3.05) is 31.7 Å². The number of para-hydroxylation sites is 2. The second-order valence-electron chi connectivity index (χ2n) is 8.54. The Bertz CT molecular complexity index is 1420. The van der Waals surface area contributed by atoms with Gasteiger partial charge in [0, 0.05) is 38.6 Å². The van der Waals surface area contributed by atoms with Crippen molar-refractivity contribution in [1.29, 1.82) is 5.26 Å². The number of nitriles is 1. The van der Waals surface area contributed by atoms with Crippen LogP contribution in [0.2, 0.25) is 0 Å². The van der Waals surface area contributed by atoms with Gasteiger partial charge in [0.25, 0.3) is 5.56 Å². The Morgan fingerprint density at radius 1 is 1.18 bits per heavy atom. The third-order valence-electron chi connectivity index (χ3n) is 6.64. The molecule has 0 unspecified atom stereocenters. The number of benzene rings is 2. The van der Waals surface area contributed by atoms with Gasteiger partial charge in [-0.05, 0) is 37.0 Å². The minimum Gasteiger partial charge on any atom is -0.440 e. The smallest absolute Gasteiger partial charge is 0.270 e. The predicted octanol–water partition coefficient (Wildman–Crippen LogP) is 4.12. The van der Waals surface area contributed by atoms with E-state index in [-0.39, 0.29) is 17.0 Å². The van der Waals surface area contributed by atoms with Crippen molar-refractivity contribution in [3.05, 3.63) is 69.8 Å². The van der Waals surface area contributed by atoms with Gasteiger partial charge in [0.1, 0.15) is 17.1 Å². The second-order valence-corrected chi connectivity index (χ2v) is 8.54. The van der Waals surface area contributed by atoms with E-state index in [4.69, 9.17) is 14.1 Å². The zero-order valence-corrected chi connectivity index (χ0v) is 18.9. The van der Waals surface area contributed by atoms with Crippen LogP contribution in [0.1, 0.15) is 35.8 Å². The van der Waals surface area contributed by atoms with Crippen molar-refractivity contribution in [1.82, 2.24) is 9.55 Å². The van der Waals surface area contributed by atoms with Crippen LogP contribution in [-0.4, -0.2) is 36.4 Å². The van der Waals surface area contributed by atoms with E-state index < -0.39 is 0 Å². The Labute approximate surface area is 191 Å². The van der Waals surface area contributed by atoms with Crippen LogP contribution in [0.3, 0.4) is 0 Å². The molecule has 1 saturated heterocycles. The molecule has 2 aromatic heterocycles. The first kappa shape index (κ1) is 21.2. The molecule has 3 heterocycles. The lowest BCUT2D eigenvalue weighted by Gasteiger charge is -2.33. The van der Waals surface area contributed by atoms with Gasteiger partial charge in [0.05, 0.1) is 17.8 Å². The molecule has 0 atom stereocenters. The fourth-order valence-corrected chi connectivity index (χ4v) is 4.87. The number of aryl methyl sites for hydroxylation is 1. The van der Waals surface area contributed by atoms with Crippen LogP contribution in [0.15, 0.2) is 51.7 Å². The van der Waals surface area contributed by atoms with Gasteiger partial charge in [0.15, 0.2) is 11.5 Å². The van der Waals surface area contributed by atoms with E-state index in [1.807, 2.05) is 36.4 Å². The van der Waals surface area contributed by atoms with Crippen LogP contribution >= 0.6 is 0 Å². The molecule has 7 heteroatoms. The molecule has 33 heavy (non-hydrogen) atoms. The zero-order chi connectivity index (χ0) is 22.9. The lowest BCUT2D eigenvalue weighted by Crippen LogP contribution is -2.35. The Morgan fingerprint density at radius 3 is 2.73 bits per heavy atom. The molecule has 4 aromatic rings. The number of nitrogens with zero attached hydrogens (tertiary/aromatic N) is 4. The van der Waals surface area contributed by atoms with E-state index in [2.05, 4.69) is 17.0 Å². The summed E-state index contributed by atoms with van der Waals surface area (Å²) in [7, 11) is 3.42. The summed E-state index contributed by atoms with van der Waals surface area (Å²) in [5.74, 6) is 0.969. The van der Waals surface area contributed by atoms with Crippen molar-refractivity contribution in [2.45, 2.75) is 25.2 Å². The van der Waals surface area contributed by atoms with Gasteiger partial charge in [-0.15, -0.1) is 0 Å². The second kappa shape index (κ2) is 8.72. The molecule has 0 spiro atoms. The molecular weight excluding hydrogens is 416 g/mol. The van der Waals surface area contributed by atoms with Gasteiger partial charge in [-0.1, -0.05) is 30.3 Å². The molecule has 0 amide bonds. The number of hydrogen-bond donors (Lipinski definition) is 0. The minimum absolute atomic E-state index is 0.201. The molecular formula is C26H26N4O3. The number of piperidine rings is 1. The fraction of sp³-hybridized carbons (Fsp3) is 0.346. The Hall–Kier alpha value is -3.63. The van der Waals surface area contributed by atoms with Gasteiger partial charge in [-0.3, -0.25) is 4.79 Å². The highest BCUT2D eigenvalue weighted by Gasteiger charge is 2.28. The number of fused-ring (bicyclic) bond motifs is 2. The number of hydrogen-bond acceptors (Lipinski definition) is 6. The molecule has 0 bridgehead atoms. The highest BCUT2D eigenvalue weighted by atomic mass is 16.5. The van der Waals surface area contributed by atoms with E-state index >= 15 is 0 Å². The van der Waals surface area contributed by atoms with E-state index in [0.29, 0.717) is 6.61 Å². The third kappa shape index (κ3) is 3.66. The standard InChI is InChI=1S/C26H26N4O3/c1-29-21-8-4-3-7-19(21)24(20(16-27)26(29)31)30-13-10-18(11-14-30)25-28-23-17(12-15-32-2)6-5-9-22(23)33-25/h3-9,18H,10-15H2,1-2H3. The first-order valence-corrected chi connectivity index (χ1v) is 11.3. The summed E-state index contributed by atoms with van der Waals surface area (Å²) in [6.45, 7) is 2.10.